The highest BCUT2D eigenvalue weighted by Gasteiger charge is 2.14. The third kappa shape index (κ3) is 2.22. The van der Waals surface area contributed by atoms with E-state index in [9.17, 15) is 0 Å². The Hall–Kier alpha value is -1.49. The van der Waals surface area contributed by atoms with E-state index in [4.69, 9.17) is 5.73 Å². The summed E-state index contributed by atoms with van der Waals surface area (Å²) in [5, 5.41) is 5.08. The maximum absolute atomic E-state index is 6.21. The average molecular weight is 272 g/mol. The van der Waals surface area contributed by atoms with Crippen LogP contribution in [0.3, 0.4) is 0 Å². The third-order valence-electron chi connectivity index (χ3n) is 2.71. The summed E-state index contributed by atoms with van der Waals surface area (Å²) in [5.41, 5.74) is 8.35. The van der Waals surface area contributed by atoms with Gasteiger partial charge in [-0.2, -0.15) is 0 Å². The van der Waals surface area contributed by atoms with Crippen molar-refractivity contribution < 1.29 is 0 Å². The fourth-order valence-electron chi connectivity index (χ4n) is 1.76. The van der Waals surface area contributed by atoms with Crippen LogP contribution in [0.4, 0.5) is 0 Å². The maximum Gasteiger partial charge on any atom is 0.115 e. The normalized spacial score (nSPS) is 12.5. The molecule has 0 radical (unpaired) electrons. The highest BCUT2D eigenvalue weighted by Crippen LogP contribution is 2.29. The van der Waals surface area contributed by atoms with Crippen LogP contribution in [0.15, 0.2) is 53.2 Å². The molecule has 0 aliphatic carbocycles. The summed E-state index contributed by atoms with van der Waals surface area (Å²) in [4.78, 5) is 5.79. The van der Waals surface area contributed by atoms with Crippen LogP contribution in [-0.2, 0) is 0 Å². The Morgan fingerprint density at radius 1 is 1.00 bits per heavy atom. The van der Waals surface area contributed by atoms with Crippen LogP contribution < -0.4 is 5.73 Å². The lowest BCUT2D eigenvalue weighted by Crippen LogP contribution is -2.09. The molecule has 0 saturated heterocycles. The molecule has 0 aliphatic heterocycles. The van der Waals surface area contributed by atoms with Crippen molar-refractivity contribution in [2.24, 2.45) is 5.73 Å². The predicted molar refractivity (Wildman–Crippen MR) is 77.9 cm³/mol. The summed E-state index contributed by atoms with van der Waals surface area (Å²) >= 11 is 3.29. The molecule has 2 N–H and O–H groups in total. The first kappa shape index (κ1) is 11.6. The van der Waals surface area contributed by atoms with E-state index in [0.717, 1.165) is 21.1 Å². The molecule has 90 valence electrons. The van der Waals surface area contributed by atoms with E-state index in [1.165, 1.54) is 0 Å². The number of thiazole rings is 1. The first-order chi connectivity index (χ1) is 8.84. The fourth-order valence-corrected chi connectivity index (χ4v) is 3.41. The van der Waals surface area contributed by atoms with Crippen LogP contribution in [-0.4, -0.2) is 4.98 Å². The molecule has 2 heterocycles. The van der Waals surface area contributed by atoms with Gasteiger partial charge in [0.2, 0.25) is 0 Å². The zero-order valence-electron chi connectivity index (χ0n) is 9.61. The summed E-state index contributed by atoms with van der Waals surface area (Å²) in [6.07, 6.45) is 0. The van der Waals surface area contributed by atoms with E-state index in [-0.39, 0.29) is 6.04 Å². The zero-order chi connectivity index (χ0) is 12.4. The third-order valence-corrected chi connectivity index (χ3v) is 4.59. The largest absolute Gasteiger partial charge is 0.318 e. The maximum atomic E-state index is 6.21. The van der Waals surface area contributed by atoms with Crippen molar-refractivity contribution in [3.05, 3.63) is 63.1 Å². The van der Waals surface area contributed by atoms with Crippen molar-refractivity contribution in [2.75, 3.05) is 0 Å². The van der Waals surface area contributed by atoms with Gasteiger partial charge in [0.25, 0.3) is 0 Å². The minimum atomic E-state index is -0.104. The van der Waals surface area contributed by atoms with Crippen molar-refractivity contribution in [2.45, 2.75) is 6.04 Å². The van der Waals surface area contributed by atoms with Gasteiger partial charge in [-0.3, -0.25) is 0 Å². The molecule has 0 bridgehead atoms. The van der Waals surface area contributed by atoms with Crippen LogP contribution in [0.25, 0.3) is 11.3 Å². The fraction of sp³-hybridized carbons (Fsp3) is 0.0714. The second-order valence-corrected chi connectivity index (χ2v) is 5.80. The van der Waals surface area contributed by atoms with Crippen LogP contribution >= 0.6 is 22.7 Å². The predicted octanol–water partition coefficient (Wildman–Crippen LogP) is 3.92. The number of hydrogen-bond donors (Lipinski definition) is 1. The Morgan fingerprint density at radius 3 is 2.56 bits per heavy atom. The Labute approximate surface area is 114 Å². The average Bonchev–Trinajstić information content (AvgIpc) is 3.10. The molecule has 1 atom stereocenters. The van der Waals surface area contributed by atoms with E-state index >= 15 is 0 Å². The molecule has 3 aromatic rings. The second kappa shape index (κ2) is 5.02. The molecule has 4 heteroatoms. The van der Waals surface area contributed by atoms with E-state index in [0.29, 0.717) is 0 Å². The van der Waals surface area contributed by atoms with Gasteiger partial charge in [0, 0.05) is 15.8 Å². The summed E-state index contributed by atoms with van der Waals surface area (Å²) in [7, 11) is 0. The monoisotopic (exact) mass is 272 g/mol. The quantitative estimate of drug-likeness (QED) is 0.785. The first-order valence-corrected chi connectivity index (χ1v) is 7.40. The molecule has 0 fully saturated rings. The molecule has 0 aliphatic rings. The number of nitrogens with zero attached hydrogens (tertiary/aromatic N) is 1. The smallest absolute Gasteiger partial charge is 0.115 e. The van der Waals surface area contributed by atoms with Crippen molar-refractivity contribution in [3.8, 4) is 11.3 Å². The first-order valence-electron chi connectivity index (χ1n) is 5.64. The minimum Gasteiger partial charge on any atom is -0.318 e. The molecule has 0 amide bonds. The standard InChI is InChI=1S/C14H12N2S2/c15-13(12-7-4-8-17-12)14-16-11(9-18-14)10-5-2-1-3-6-10/h1-9,13H,15H2. The highest BCUT2D eigenvalue weighted by atomic mass is 32.1. The molecular weight excluding hydrogens is 260 g/mol. The molecule has 2 aromatic heterocycles. The summed E-state index contributed by atoms with van der Waals surface area (Å²) < 4.78 is 0. The molecule has 2 nitrogen and oxygen atoms in total. The summed E-state index contributed by atoms with van der Waals surface area (Å²) in [5.74, 6) is 0. The number of nitrogens with two attached hydrogens (primary N) is 1. The van der Waals surface area contributed by atoms with Crippen molar-refractivity contribution in [1.82, 2.24) is 4.98 Å². The van der Waals surface area contributed by atoms with Gasteiger partial charge in [0.05, 0.1) is 11.7 Å². The van der Waals surface area contributed by atoms with E-state index in [1.54, 1.807) is 22.7 Å². The summed E-state index contributed by atoms with van der Waals surface area (Å²) in [6.45, 7) is 0. The van der Waals surface area contributed by atoms with Gasteiger partial charge in [-0.1, -0.05) is 36.4 Å². The number of rotatable bonds is 3. The molecule has 1 unspecified atom stereocenters. The van der Waals surface area contributed by atoms with Crippen LogP contribution in [0.1, 0.15) is 15.9 Å². The molecule has 18 heavy (non-hydrogen) atoms. The van der Waals surface area contributed by atoms with Gasteiger partial charge in [-0.05, 0) is 11.4 Å². The van der Waals surface area contributed by atoms with Crippen molar-refractivity contribution >= 4 is 22.7 Å². The SMILES string of the molecule is NC(c1cccs1)c1nc(-c2ccccc2)cs1. The van der Waals surface area contributed by atoms with E-state index in [2.05, 4.69) is 28.6 Å². The number of aromatic nitrogens is 1. The van der Waals surface area contributed by atoms with Crippen molar-refractivity contribution in [1.29, 1.82) is 0 Å². The number of thiophene rings is 1. The van der Waals surface area contributed by atoms with Crippen LogP contribution in [0.2, 0.25) is 0 Å². The van der Waals surface area contributed by atoms with E-state index < -0.39 is 0 Å². The molecule has 3 rings (SSSR count). The lowest BCUT2D eigenvalue weighted by molar-refractivity contribution is 0.879. The Balaban J connectivity index is 1.90. The number of hydrogen-bond acceptors (Lipinski definition) is 4. The van der Waals surface area contributed by atoms with Gasteiger partial charge in [0.1, 0.15) is 5.01 Å². The van der Waals surface area contributed by atoms with Gasteiger partial charge in [-0.15, -0.1) is 22.7 Å². The van der Waals surface area contributed by atoms with Crippen LogP contribution in [0, 0.1) is 0 Å². The number of benzene rings is 1. The highest BCUT2D eigenvalue weighted by molar-refractivity contribution is 7.11. The molecule has 0 saturated carbocycles. The molecule has 0 spiro atoms. The Kier molecular flexibility index (Phi) is 3.23. The van der Waals surface area contributed by atoms with Gasteiger partial charge in [-0.25, -0.2) is 4.98 Å². The summed E-state index contributed by atoms with van der Waals surface area (Å²) in [6, 6.07) is 14.2. The lowest BCUT2D eigenvalue weighted by atomic mass is 10.2. The van der Waals surface area contributed by atoms with Gasteiger partial charge < -0.3 is 5.73 Å². The van der Waals surface area contributed by atoms with Gasteiger partial charge >= 0.3 is 0 Å². The zero-order valence-corrected chi connectivity index (χ0v) is 11.2. The molecular formula is C14H12N2S2. The minimum absolute atomic E-state index is 0.104. The van der Waals surface area contributed by atoms with Crippen LogP contribution in [0.5, 0.6) is 0 Å². The topological polar surface area (TPSA) is 38.9 Å². The Morgan fingerprint density at radius 2 is 1.83 bits per heavy atom. The van der Waals surface area contributed by atoms with Crippen molar-refractivity contribution in [3.63, 3.8) is 0 Å². The second-order valence-electron chi connectivity index (χ2n) is 3.93. The Bertz CT molecular complexity index is 614. The lowest BCUT2D eigenvalue weighted by Gasteiger charge is -2.04. The van der Waals surface area contributed by atoms with Gasteiger partial charge in [0.15, 0.2) is 0 Å². The molecule has 1 aromatic carbocycles. The van der Waals surface area contributed by atoms with E-state index in [1.807, 2.05) is 29.6 Å².